The van der Waals surface area contributed by atoms with Crippen molar-refractivity contribution in [1.29, 1.82) is 0 Å². The van der Waals surface area contributed by atoms with Crippen LogP contribution in [0, 0.1) is 0 Å². The van der Waals surface area contributed by atoms with Crippen LogP contribution < -0.4 is 0 Å². The Hall–Kier alpha value is -0.740. The van der Waals surface area contributed by atoms with E-state index in [1.807, 2.05) is 0 Å². The summed E-state index contributed by atoms with van der Waals surface area (Å²) in [5.74, 6) is -1.11. The molecule has 118 valence electrons. The average molecular weight is 310 g/mol. The molecule has 1 fully saturated rings. The number of rotatable bonds is 9. The van der Waals surface area contributed by atoms with Gasteiger partial charge in [0.25, 0.3) is 10.2 Å². The van der Waals surface area contributed by atoms with Crippen LogP contribution in [0.5, 0.6) is 0 Å². The zero-order valence-electron chi connectivity index (χ0n) is 11.8. The number of methoxy groups -OCH3 is 2. The lowest BCUT2D eigenvalue weighted by Gasteiger charge is -2.29. The van der Waals surface area contributed by atoms with Crippen LogP contribution >= 0.6 is 0 Å². The molecule has 0 bridgehead atoms. The SMILES string of the molecule is COCCN(CCOC)S(=O)(=O)N1CCCC1C(=O)O. The summed E-state index contributed by atoms with van der Waals surface area (Å²) in [4.78, 5) is 11.1. The summed E-state index contributed by atoms with van der Waals surface area (Å²) in [6.45, 7) is 1.06. The van der Waals surface area contributed by atoms with Crippen LogP contribution in [0.25, 0.3) is 0 Å². The number of aliphatic carboxylic acids is 1. The maximum Gasteiger partial charge on any atom is 0.322 e. The van der Waals surface area contributed by atoms with Crippen molar-refractivity contribution >= 4 is 16.2 Å². The van der Waals surface area contributed by atoms with Crippen LogP contribution in [0.1, 0.15) is 12.8 Å². The van der Waals surface area contributed by atoms with Crippen LogP contribution in [0.2, 0.25) is 0 Å². The Morgan fingerprint density at radius 2 is 1.85 bits per heavy atom. The zero-order valence-corrected chi connectivity index (χ0v) is 12.6. The Kier molecular flexibility index (Phi) is 6.83. The summed E-state index contributed by atoms with van der Waals surface area (Å²) in [5, 5.41) is 9.11. The van der Waals surface area contributed by atoms with Gasteiger partial charge in [-0.3, -0.25) is 4.79 Å². The Balaban J connectivity index is 2.87. The smallest absolute Gasteiger partial charge is 0.322 e. The van der Waals surface area contributed by atoms with Crippen LogP contribution in [-0.4, -0.2) is 81.2 Å². The summed E-state index contributed by atoms with van der Waals surface area (Å²) in [6.07, 6.45) is 0.898. The number of carbonyl (C=O) groups is 1. The fourth-order valence-corrected chi connectivity index (χ4v) is 3.92. The molecule has 1 N–H and O–H groups in total. The van der Waals surface area contributed by atoms with Gasteiger partial charge < -0.3 is 14.6 Å². The van der Waals surface area contributed by atoms with E-state index in [-0.39, 0.29) is 32.8 Å². The van der Waals surface area contributed by atoms with E-state index >= 15 is 0 Å². The lowest BCUT2D eigenvalue weighted by molar-refractivity contribution is -0.140. The van der Waals surface area contributed by atoms with Gasteiger partial charge in [-0.2, -0.15) is 17.0 Å². The van der Waals surface area contributed by atoms with Crippen molar-refractivity contribution in [1.82, 2.24) is 8.61 Å². The number of carboxylic acid groups (broad SMARTS) is 1. The molecular weight excluding hydrogens is 288 g/mol. The second-order valence-electron chi connectivity index (χ2n) is 4.50. The van der Waals surface area contributed by atoms with E-state index in [1.54, 1.807) is 0 Å². The molecule has 9 heteroatoms. The number of carboxylic acids is 1. The second-order valence-corrected chi connectivity index (χ2v) is 6.38. The van der Waals surface area contributed by atoms with Crippen LogP contribution in [0.3, 0.4) is 0 Å². The third-order valence-corrected chi connectivity index (χ3v) is 5.25. The first-order valence-electron chi connectivity index (χ1n) is 6.42. The van der Waals surface area contributed by atoms with Gasteiger partial charge in [0.2, 0.25) is 0 Å². The van der Waals surface area contributed by atoms with E-state index < -0.39 is 22.2 Å². The largest absolute Gasteiger partial charge is 0.480 e. The van der Waals surface area contributed by atoms with Crippen molar-refractivity contribution in [2.45, 2.75) is 18.9 Å². The minimum absolute atomic E-state index is 0.172. The highest BCUT2D eigenvalue weighted by atomic mass is 32.2. The first-order chi connectivity index (χ1) is 9.45. The summed E-state index contributed by atoms with van der Waals surface area (Å²) in [7, 11) is -0.847. The maximum atomic E-state index is 12.5. The molecular formula is C11H22N2O6S. The minimum Gasteiger partial charge on any atom is -0.480 e. The molecule has 1 atom stereocenters. The van der Waals surface area contributed by atoms with Gasteiger partial charge in [-0.05, 0) is 12.8 Å². The first-order valence-corrected chi connectivity index (χ1v) is 7.82. The average Bonchev–Trinajstić information content (AvgIpc) is 2.88. The van der Waals surface area contributed by atoms with Crippen molar-refractivity contribution in [2.24, 2.45) is 0 Å². The van der Waals surface area contributed by atoms with Gasteiger partial charge in [-0.15, -0.1) is 0 Å². The zero-order chi connectivity index (χ0) is 15.2. The minimum atomic E-state index is -3.81. The van der Waals surface area contributed by atoms with Crippen LogP contribution in [0.4, 0.5) is 0 Å². The molecule has 1 heterocycles. The van der Waals surface area contributed by atoms with Crippen molar-refractivity contribution in [3.8, 4) is 0 Å². The number of nitrogens with zero attached hydrogens (tertiary/aromatic N) is 2. The van der Waals surface area contributed by atoms with E-state index in [9.17, 15) is 13.2 Å². The third-order valence-electron chi connectivity index (χ3n) is 3.20. The Morgan fingerprint density at radius 1 is 1.30 bits per heavy atom. The van der Waals surface area contributed by atoms with Gasteiger partial charge in [0.15, 0.2) is 0 Å². The van der Waals surface area contributed by atoms with Gasteiger partial charge in [0.05, 0.1) is 13.2 Å². The molecule has 1 saturated heterocycles. The number of ether oxygens (including phenoxy) is 2. The summed E-state index contributed by atoms with van der Waals surface area (Å²) in [5.41, 5.74) is 0. The molecule has 1 aliphatic heterocycles. The first kappa shape index (κ1) is 17.3. The molecule has 1 unspecified atom stereocenters. The van der Waals surface area contributed by atoms with Gasteiger partial charge >= 0.3 is 5.97 Å². The monoisotopic (exact) mass is 310 g/mol. The molecule has 0 radical (unpaired) electrons. The second kappa shape index (κ2) is 7.89. The summed E-state index contributed by atoms with van der Waals surface area (Å²) < 4.78 is 37.1. The molecule has 1 rings (SSSR count). The van der Waals surface area contributed by atoms with Gasteiger partial charge in [0.1, 0.15) is 6.04 Å². The van der Waals surface area contributed by atoms with E-state index in [4.69, 9.17) is 14.6 Å². The highest BCUT2D eigenvalue weighted by Crippen LogP contribution is 2.23. The van der Waals surface area contributed by atoms with E-state index in [1.165, 1.54) is 18.5 Å². The van der Waals surface area contributed by atoms with E-state index in [0.29, 0.717) is 12.8 Å². The van der Waals surface area contributed by atoms with Gasteiger partial charge in [-0.1, -0.05) is 0 Å². The molecule has 0 spiro atoms. The van der Waals surface area contributed by atoms with Crippen molar-refractivity contribution in [3.63, 3.8) is 0 Å². The molecule has 0 aromatic rings. The molecule has 0 aromatic heterocycles. The maximum absolute atomic E-state index is 12.5. The number of hydrogen-bond donors (Lipinski definition) is 1. The van der Waals surface area contributed by atoms with Gasteiger partial charge in [0, 0.05) is 33.9 Å². The standard InChI is InChI=1S/C11H22N2O6S/c1-18-8-6-12(7-9-19-2)20(16,17)13-5-3-4-10(13)11(14)15/h10H,3-9H2,1-2H3,(H,14,15). The summed E-state index contributed by atoms with van der Waals surface area (Å²) in [6, 6.07) is -0.979. The van der Waals surface area contributed by atoms with Crippen molar-refractivity contribution in [3.05, 3.63) is 0 Å². The Morgan fingerprint density at radius 3 is 2.30 bits per heavy atom. The lowest BCUT2D eigenvalue weighted by Crippen LogP contribution is -2.50. The molecule has 8 nitrogen and oxygen atoms in total. The predicted octanol–water partition coefficient (Wildman–Crippen LogP) is -0.625. The Labute approximate surface area is 119 Å². The molecule has 0 saturated carbocycles. The molecule has 0 aliphatic carbocycles. The van der Waals surface area contributed by atoms with Crippen LogP contribution in [-0.2, 0) is 24.5 Å². The summed E-state index contributed by atoms with van der Waals surface area (Å²) >= 11 is 0. The fraction of sp³-hybridized carbons (Fsp3) is 0.909. The molecule has 0 amide bonds. The topological polar surface area (TPSA) is 96.4 Å². The molecule has 20 heavy (non-hydrogen) atoms. The molecule has 1 aliphatic rings. The van der Waals surface area contributed by atoms with Gasteiger partial charge in [-0.25, -0.2) is 0 Å². The van der Waals surface area contributed by atoms with Crippen molar-refractivity contribution < 1.29 is 27.8 Å². The van der Waals surface area contributed by atoms with Crippen molar-refractivity contribution in [2.75, 3.05) is 47.1 Å². The van der Waals surface area contributed by atoms with Crippen LogP contribution in [0.15, 0.2) is 0 Å². The highest BCUT2D eigenvalue weighted by molar-refractivity contribution is 7.86. The lowest BCUT2D eigenvalue weighted by atomic mass is 10.2. The highest BCUT2D eigenvalue weighted by Gasteiger charge is 2.41. The third kappa shape index (κ3) is 4.13. The normalized spacial score (nSPS) is 20.6. The number of hydrogen-bond acceptors (Lipinski definition) is 5. The predicted molar refractivity (Wildman–Crippen MR) is 71.6 cm³/mol. The van der Waals surface area contributed by atoms with E-state index in [0.717, 1.165) is 4.31 Å². The quantitative estimate of drug-likeness (QED) is 0.609. The van der Waals surface area contributed by atoms with E-state index in [2.05, 4.69) is 0 Å². The fourth-order valence-electron chi connectivity index (χ4n) is 2.14. The Bertz CT molecular complexity index is 405. The molecule has 0 aromatic carbocycles.